The molecule has 360 valence electrons. The lowest BCUT2D eigenvalue weighted by Gasteiger charge is -2.21. The quantitative estimate of drug-likeness (QED) is 0.0523. The maximum atomic E-state index is 13.6. The van der Waals surface area contributed by atoms with Gasteiger partial charge in [0, 0.05) is 67.3 Å². The van der Waals surface area contributed by atoms with E-state index in [-0.39, 0.29) is 55.4 Å². The van der Waals surface area contributed by atoms with Gasteiger partial charge in [-0.2, -0.15) is 11.8 Å². The van der Waals surface area contributed by atoms with Crippen LogP contribution in [0.2, 0.25) is 0 Å². The summed E-state index contributed by atoms with van der Waals surface area (Å²) in [5.41, 5.74) is 3.78. The monoisotopic (exact) mass is 940 g/mol. The van der Waals surface area contributed by atoms with Gasteiger partial charge in [0.05, 0.1) is 55.6 Å². The third kappa shape index (κ3) is 20.8. The number of rotatable bonds is 20. The number of carbonyl (C=O) groups is 5. The van der Waals surface area contributed by atoms with E-state index < -0.39 is 30.1 Å². The fourth-order valence-corrected chi connectivity index (χ4v) is 10.1. The smallest absolute Gasteiger partial charge is 0.331 e. The molecule has 7 atom stereocenters. The number of allylic oxidation sites excluding steroid dienone is 6. The van der Waals surface area contributed by atoms with Crippen LogP contribution in [0.4, 0.5) is 4.79 Å². The lowest BCUT2D eigenvalue weighted by atomic mass is 9.90. The number of urea groups is 1. The van der Waals surface area contributed by atoms with E-state index in [9.17, 15) is 24.0 Å². The van der Waals surface area contributed by atoms with Crippen LogP contribution in [-0.4, -0.2) is 135 Å². The Hall–Kier alpha value is -4.29. The van der Waals surface area contributed by atoms with Gasteiger partial charge in [0.2, 0.25) is 11.8 Å². The van der Waals surface area contributed by atoms with Gasteiger partial charge in [-0.25, -0.2) is 14.6 Å². The molecular formula is C48H72N6O9S2. The number of cyclic esters (lactones) is 2. The molecule has 4 N–H and O–H groups in total. The Bertz CT molecular complexity index is 1880. The first-order valence-electron chi connectivity index (χ1n) is 22.9. The number of amides is 4. The molecule has 4 rings (SSSR count). The van der Waals surface area contributed by atoms with Crippen molar-refractivity contribution in [1.29, 1.82) is 0 Å². The number of nitrogens with zero attached hydrogens (tertiary/aromatic N) is 2. The molecule has 17 heteroatoms. The number of nitrogens with one attached hydrogen (secondary N) is 4. The third-order valence-corrected chi connectivity index (χ3v) is 13.5. The standard InChI is InChI=1S/C48H72N6O9S2/c1-32(17-20-54(6)7)15-16-34(3)26-38-29-43-51-39(30-65-43)35(4)27-37(28-45(57)62-36(5)25-33(2)11-10-14-44(56)63-38)47(58)50-19-22-61-24-23-60-21-18-49-42(55)13-9-8-12-41-46-40(31-64-41)52-48(59)53-46/h10-11,14-17,26,30,35-38,40-41,46H,8-9,12-13,18-25,27-29,31H2,1-7H3,(H,49,55)(H,50,58)(H2,52,53,59)/b14-10-,16-15+,32-17+,33-11+,34-26+/t35-,36-,37+,38+,40-,41-,46-/m0/s1. The molecule has 1 aromatic rings. The van der Waals surface area contributed by atoms with Crippen molar-refractivity contribution in [1.82, 2.24) is 31.2 Å². The maximum Gasteiger partial charge on any atom is 0.331 e. The van der Waals surface area contributed by atoms with Crippen LogP contribution in [0.15, 0.2) is 64.6 Å². The summed E-state index contributed by atoms with van der Waals surface area (Å²) < 4.78 is 23.0. The van der Waals surface area contributed by atoms with E-state index in [0.29, 0.717) is 57.3 Å². The Balaban J connectivity index is 1.22. The van der Waals surface area contributed by atoms with E-state index in [1.54, 1.807) is 19.1 Å². The maximum absolute atomic E-state index is 13.6. The van der Waals surface area contributed by atoms with Crippen LogP contribution >= 0.6 is 23.1 Å². The first kappa shape index (κ1) is 53.3. The number of unbranched alkanes of at least 4 members (excludes halogenated alkanes) is 1. The summed E-state index contributed by atoms with van der Waals surface area (Å²) in [6.07, 6.45) is 16.3. The largest absolute Gasteiger partial charge is 0.462 e. The number of likely N-dealkylation sites (N-methyl/N-ethyl adjacent to an activating group) is 1. The molecule has 0 radical (unpaired) electrons. The number of ether oxygens (including phenoxy) is 4. The van der Waals surface area contributed by atoms with E-state index in [1.165, 1.54) is 17.4 Å². The third-order valence-electron chi connectivity index (χ3n) is 11.1. The molecule has 65 heavy (non-hydrogen) atoms. The minimum atomic E-state index is -0.663. The van der Waals surface area contributed by atoms with Crippen molar-refractivity contribution in [3.05, 3.63) is 75.3 Å². The van der Waals surface area contributed by atoms with Crippen LogP contribution in [0.3, 0.4) is 0 Å². The average Bonchev–Trinajstić information content (AvgIpc) is 3.97. The Kier molecular flexibility index (Phi) is 23.5. The predicted octanol–water partition coefficient (Wildman–Crippen LogP) is 5.94. The summed E-state index contributed by atoms with van der Waals surface area (Å²) in [5.74, 6) is -1.09. The second kappa shape index (κ2) is 28.7. The highest BCUT2D eigenvalue weighted by atomic mass is 32.2. The Morgan fingerprint density at radius 3 is 2.45 bits per heavy atom. The van der Waals surface area contributed by atoms with Crippen molar-refractivity contribution in [2.24, 2.45) is 5.92 Å². The summed E-state index contributed by atoms with van der Waals surface area (Å²) in [7, 11) is 4.05. The normalized spacial score (nSPS) is 26.2. The van der Waals surface area contributed by atoms with Crippen LogP contribution in [0, 0.1) is 5.92 Å². The lowest BCUT2D eigenvalue weighted by molar-refractivity contribution is -0.151. The average molecular weight is 941 g/mol. The van der Waals surface area contributed by atoms with Crippen molar-refractivity contribution in [2.45, 2.75) is 121 Å². The van der Waals surface area contributed by atoms with E-state index in [0.717, 1.165) is 59.0 Å². The number of hydrogen-bond acceptors (Lipinski definition) is 13. The van der Waals surface area contributed by atoms with Crippen LogP contribution in [0.5, 0.6) is 0 Å². The van der Waals surface area contributed by atoms with Gasteiger partial charge in [0.25, 0.3) is 0 Å². The topological polar surface area (TPSA) is 187 Å². The number of aromatic nitrogens is 1. The van der Waals surface area contributed by atoms with Gasteiger partial charge in [0.1, 0.15) is 12.2 Å². The number of thioether (sulfide) groups is 1. The first-order valence-corrected chi connectivity index (χ1v) is 24.8. The fraction of sp³-hybridized carbons (Fsp3) is 0.625. The molecule has 2 bridgehead atoms. The van der Waals surface area contributed by atoms with Crippen LogP contribution in [-0.2, 0) is 44.5 Å². The SMILES string of the molecule is CC(/C=C/C(C)=C/[C@@H]1Cc2nc(cs2)[C@@H](C)C[C@@H](C(=O)NCCOCCOCCNC(=O)CCCC[C@@H]2SC[C@@H]3NC(=O)N[C@@H]32)CC(=O)O[C@@H](C)C/C(C)=C/C=C\C(=O)O1)=C\CN(C)C. The first-order chi connectivity index (χ1) is 31.1. The highest BCUT2D eigenvalue weighted by Crippen LogP contribution is 2.33. The highest BCUT2D eigenvalue weighted by molar-refractivity contribution is 8.00. The molecule has 0 spiro atoms. The fourth-order valence-electron chi connectivity index (χ4n) is 7.64. The number of thiazole rings is 1. The van der Waals surface area contributed by atoms with E-state index >= 15 is 0 Å². The molecule has 15 nitrogen and oxygen atoms in total. The summed E-state index contributed by atoms with van der Waals surface area (Å²) in [4.78, 5) is 70.6. The van der Waals surface area contributed by atoms with Crippen molar-refractivity contribution < 1.29 is 42.9 Å². The summed E-state index contributed by atoms with van der Waals surface area (Å²) >= 11 is 3.35. The van der Waals surface area contributed by atoms with Crippen molar-refractivity contribution >= 4 is 52.9 Å². The Morgan fingerprint density at radius 1 is 0.954 bits per heavy atom. The molecule has 3 aliphatic heterocycles. The molecule has 0 aromatic carbocycles. The lowest BCUT2D eigenvalue weighted by Crippen LogP contribution is -2.36. The summed E-state index contributed by atoms with van der Waals surface area (Å²) in [6.45, 7) is 12.5. The van der Waals surface area contributed by atoms with E-state index in [1.807, 2.05) is 70.2 Å². The van der Waals surface area contributed by atoms with Crippen LogP contribution < -0.4 is 21.3 Å². The number of esters is 2. The van der Waals surface area contributed by atoms with Gasteiger partial charge < -0.3 is 45.1 Å². The zero-order valence-electron chi connectivity index (χ0n) is 39.4. The minimum Gasteiger partial charge on any atom is -0.462 e. The summed E-state index contributed by atoms with van der Waals surface area (Å²) in [5, 5.41) is 14.9. The molecule has 2 fully saturated rings. The predicted molar refractivity (Wildman–Crippen MR) is 257 cm³/mol. The van der Waals surface area contributed by atoms with Gasteiger partial charge in [-0.1, -0.05) is 60.4 Å². The van der Waals surface area contributed by atoms with Gasteiger partial charge in [-0.15, -0.1) is 11.3 Å². The summed E-state index contributed by atoms with van der Waals surface area (Å²) in [6, 6.07) is 0.320. The highest BCUT2D eigenvalue weighted by Gasteiger charge is 2.42. The van der Waals surface area contributed by atoms with Crippen molar-refractivity contribution in [3.8, 4) is 0 Å². The van der Waals surface area contributed by atoms with Crippen LogP contribution in [0.1, 0.15) is 96.2 Å². The number of carbonyl (C=O) groups excluding carboxylic acids is 5. The van der Waals surface area contributed by atoms with E-state index in [4.69, 9.17) is 23.9 Å². The molecule has 3 aliphatic rings. The zero-order valence-corrected chi connectivity index (χ0v) is 41.0. The number of fused-ring (bicyclic) bond motifs is 3. The number of hydrogen-bond donors (Lipinski definition) is 4. The molecule has 2 saturated heterocycles. The van der Waals surface area contributed by atoms with Crippen molar-refractivity contribution in [3.63, 3.8) is 0 Å². The Morgan fingerprint density at radius 2 is 1.69 bits per heavy atom. The van der Waals surface area contributed by atoms with E-state index in [2.05, 4.69) is 39.2 Å². The minimum absolute atomic E-state index is 0.00404. The van der Waals surface area contributed by atoms with Gasteiger partial charge in [-0.3, -0.25) is 14.4 Å². The Labute approximate surface area is 394 Å². The molecule has 0 aliphatic carbocycles. The van der Waals surface area contributed by atoms with Gasteiger partial charge in [0.15, 0.2) is 0 Å². The molecular weight excluding hydrogens is 869 g/mol. The molecule has 4 amide bonds. The van der Waals surface area contributed by atoms with Gasteiger partial charge >= 0.3 is 18.0 Å². The van der Waals surface area contributed by atoms with Crippen molar-refractivity contribution in [2.75, 3.05) is 65.9 Å². The second-order valence-corrected chi connectivity index (χ2v) is 19.7. The van der Waals surface area contributed by atoms with Crippen LogP contribution in [0.25, 0.3) is 0 Å². The molecule has 4 heterocycles. The van der Waals surface area contributed by atoms with Gasteiger partial charge in [-0.05, 0) is 73.0 Å². The molecule has 1 aromatic heterocycles. The molecule has 0 unspecified atom stereocenters. The zero-order chi connectivity index (χ0) is 47.1. The molecule has 0 saturated carbocycles. The second-order valence-electron chi connectivity index (χ2n) is 17.4.